The van der Waals surface area contributed by atoms with Gasteiger partial charge in [0.15, 0.2) is 0 Å². The Balaban J connectivity index is 2.26. The predicted molar refractivity (Wildman–Crippen MR) is 86.5 cm³/mol. The molecule has 106 valence electrons. The molecule has 2 aromatic rings. The van der Waals surface area contributed by atoms with Gasteiger partial charge in [-0.15, -0.1) is 0 Å². The van der Waals surface area contributed by atoms with Gasteiger partial charge in [0.05, 0.1) is 0 Å². The summed E-state index contributed by atoms with van der Waals surface area (Å²) < 4.78 is 1.05. The van der Waals surface area contributed by atoms with E-state index in [0.29, 0.717) is 13.1 Å². The SMILES string of the molecule is Cc1nc(NCCN)cc(N(C)c2ccc(Br)cc2)n1. The molecule has 2 rings (SSSR count). The van der Waals surface area contributed by atoms with Crippen molar-refractivity contribution >= 4 is 33.3 Å². The number of aromatic nitrogens is 2. The first-order valence-electron chi connectivity index (χ1n) is 6.39. The van der Waals surface area contributed by atoms with Crippen LogP contribution in [0.15, 0.2) is 34.8 Å². The van der Waals surface area contributed by atoms with Gasteiger partial charge in [0.25, 0.3) is 0 Å². The second-order valence-electron chi connectivity index (χ2n) is 4.41. The lowest BCUT2D eigenvalue weighted by Crippen LogP contribution is -2.16. The van der Waals surface area contributed by atoms with Crippen molar-refractivity contribution in [3.8, 4) is 0 Å². The summed E-state index contributed by atoms with van der Waals surface area (Å²) in [7, 11) is 1.98. The van der Waals surface area contributed by atoms with Crippen LogP contribution in [0, 0.1) is 6.92 Å². The number of nitrogens with two attached hydrogens (primary N) is 1. The molecule has 20 heavy (non-hydrogen) atoms. The van der Waals surface area contributed by atoms with E-state index in [2.05, 4.69) is 31.2 Å². The van der Waals surface area contributed by atoms with E-state index in [0.717, 1.165) is 27.6 Å². The number of aryl methyl sites for hydroxylation is 1. The van der Waals surface area contributed by atoms with Gasteiger partial charge in [-0.2, -0.15) is 0 Å². The average molecular weight is 336 g/mol. The fraction of sp³-hybridized carbons (Fsp3) is 0.286. The van der Waals surface area contributed by atoms with Crippen LogP contribution in [0.2, 0.25) is 0 Å². The van der Waals surface area contributed by atoms with Crippen molar-refractivity contribution in [2.24, 2.45) is 5.73 Å². The topological polar surface area (TPSA) is 67.1 Å². The van der Waals surface area contributed by atoms with Crippen LogP contribution in [0.1, 0.15) is 5.82 Å². The Labute approximate surface area is 127 Å². The van der Waals surface area contributed by atoms with Gasteiger partial charge in [0, 0.05) is 36.4 Å². The maximum Gasteiger partial charge on any atom is 0.138 e. The summed E-state index contributed by atoms with van der Waals surface area (Å²) >= 11 is 3.44. The number of benzene rings is 1. The number of rotatable bonds is 5. The molecule has 1 aromatic carbocycles. The van der Waals surface area contributed by atoms with Crippen molar-refractivity contribution in [3.05, 3.63) is 40.6 Å². The summed E-state index contributed by atoms with van der Waals surface area (Å²) in [6.45, 7) is 3.14. The van der Waals surface area contributed by atoms with E-state index in [4.69, 9.17) is 5.73 Å². The molecule has 5 nitrogen and oxygen atoms in total. The third-order valence-electron chi connectivity index (χ3n) is 2.83. The van der Waals surface area contributed by atoms with Crippen LogP contribution in [0.5, 0.6) is 0 Å². The maximum atomic E-state index is 5.50. The summed E-state index contributed by atoms with van der Waals surface area (Å²) in [6, 6.07) is 10.0. The molecule has 1 aromatic heterocycles. The zero-order valence-corrected chi connectivity index (χ0v) is 13.2. The quantitative estimate of drug-likeness (QED) is 0.879. The molecule has 1 heterocycles. The smallest absolute Gasteiger partial charge is 0.138 e. The molecular formula is C14H18BrN5. The number of anilines is 3. The summed E-state index contributed by atoms with van der Waals surface area (Å²) in [6.07, 6.45) is 0. The minimum atomic E-state index is 0.570. The Morgan fingerprint density at radius 3 is 2.60 bits per heavy atom. The van der Waals surface area contributed by atoms with Gasteiger partial charge in [0.2, 0.25) is 0 Å². The van der Waals surface area contributed by atoms with E-state index in [1.54, 1.807) is 0 Å². The normalized spacial score (nSPS) is 10.4. The fourth-order valence-electron chi connectivity index (χ4n) is 1.81. The molecule has 0 atom stereocenters. The second kappa shape index (κ2) is 6.67. The lowest BCUT2D eigenvalue weighted by Gasteiger charge is -2.19. The molecule has 0 aliphatic heterocycles. The molecule has 0 saturated carbocycles. The van der Waals surface area contributed by atoms with Gasteiger partial charge < -0.3 is 16.0 Å². The standard InChI is InChI=1S/C14H18BrN5/c1-10-18-13(17-8-7-16)9-14(19-10)20(2)12-5-3-11(15)4-6-12/h3-6,9H,7-8,16H2,1-2H3,(H,17,18,19). The van der Waals surface area contributed by atoms with Crippen LogP contribution >= 0.6 is 15.9 Å². The first kappa shape index (κ1) is 14.7. The highest BCUT2D eigenvalue weighted by Gasteiger charge is 2.08. The monoisotopic (exact) mass is 335 g/mol. The molecule has 0 radical (unpaired) electrons. The molecule has 3 N–H and O–H groups in total. The summed E-state index contributed by atoms with van der Waals surface area (Å²) in [4.78, 5) is 10.8. The minimum absolute atomic E-state index is 0.570. The number of halogens is 1. The fourth-order valence-corrected chi connectivity index (χ4v) is 2.08. The van der Waals surface area contributed by atoms with E-state index >= 15 is 0 Å². The largest absolute Gasteiger partial charge is 0.369 e. The Morgan fingerprint density at radius 2 is 1.95 bits per heavy atom. The lowest BCUT2D eigenvalue weighted by atomic mass is 10.3. The Morgan fingerprint density at radius 1 is 1.25 bits per heavy atom. The van der Waals surface area contributed by atoms with E-state index in [1.807, 2.05) is 49.2 Å². The molecule has 6 heteroatoms. The molecule has 0 aliphatic carbocycles. The van der Waals surface area contributed by atoms with Crippen LogP contribution in [-0.2, 0) is 0 Å². The Bertz CT molecular complexity index is 570. The Kier molecular flexibility index (Phi) is 4.92. The molecule has 0 unspecified atom stereocenters. The lowest BCUT2D eigenvalue weighted by molar-refractivity contribution is 0.973. The van der Waals surface area contributed by atoms with Gasteiger partial charge in [-0.3, -0.25) is 0 Å². The highest BCUT2D eigenvalue weighted by molar-refractivity contribution is 9.10. The third-order valence-corrected chi connectivity index (χ3v) is 3.36. The molecule has 0 saturated heterocycles. The van der Waals surface area contributed by atoms with Crippen molar-refractivity contribution in [2.75, 3.05) is 30.4 Å². The molecular weight excluding hydrogens is 318 g/mol. The van der Waals surface area contributed by atoms with E-state index in [-0.39, 0.29) is 0 Å². The molecule has 0 bridgehead atoms. The van der Waals surface area contributed by atoms with Crippen LogP contribution in [0.25, 0.3) is 0 Å². The molecule has 0 amide bonds. The van der Waals surface area contributed by atoms with Crippen molar-refractivity contribution in [1.82, 2.24) is 9.97 Å². The van der Waals surface area contributed by atoms with Gasteiger partial charge in [-0.1, -0.05) is 15.9 Å². The Hall–Kier alpha value is -1.66. The van der Waals surface area contributed by atoms with Gasteiger partial charge in [0.1, 0.15) is 17.5 Å². The summed E-state index contributed by atoms with van der Waals surface area (Å²) in [5, 5.41) is 3.18. The number of hydrogen-bond donors (Lipinski definition) is 2. The van der Waals surface area contributed by atoms with Crippen LogP contribution < -0.4 is 16.0 Å². The van der Waals surface area contributed by atoms with Crippen LogP contribution in [0.4, 0.5) is 17.3 Å². The number of hydrogen-bond acceptors (Lipinski definition) is 5. The van der Waals surface area contributed by atoms with E-state index in [1.165, 1.54) is 0 Å². The molecule has 0 spiro atoms. The van der Waals surface area contributed by atoms with Crippen molar-refractivity contribution in [2.45, 2.75) is 6.92 Å². The third kappa shape index (κ3) is 3.68. The van der Waals surface area contributed by atoms with Crippen molar-refractivity contribution < 1.29 is 0 Å². The van der Waals surface area contributed by atoms with Gasteiger partial charge >= 0.3 is 0 Å². The molecule has 0 fully saturated rings. The zero-order valence-electron chi connectivity index (χ0n) is 11.6. The molecule has 0 aliphatic rings. The van der Waals surface area contributed by atoms with Crippen molar-refractivity contribution in [3.63, 3.8) is 0 Å². The maximum absolute atomic E-state index is 5.50. The van der Waals surface area contributed by atoms with E-state index < -0.39 is 0 Å². The number of nitrogens with zero attached hydrogens (tertiary/aromatic N) is 3. The first-order chi connectivity index (χ1) is 9.60. The predicted octanol–water partition coefficient (Wildman–Crippen LogP) is 2.69. The highest BCUT2D eigenvalue weighted by atomic mass is 79.9. The minimum Gasteiger partial charge on any atom is -0.369 e. The summed E-state index contributed by atoms with van der Waals surface area (Å²) in [5.41, 5.74) is 6.56. The van der Waals surface area contributed by atoms with E-state index in [9.17, 15) is 0 Å². The van der Waals surface area contributed by atoms with Crippen molar-refractivity contribution in [1.29, 1.82) is 0 Å². The first-order valence-corrected chi connectivity index (χ1v) is 7.18. The van der Waals surface area contributed by atoms with Gasteiger partial charge in [-0.05, 0) is 31.2 Å². The van der Waals surface area contributed by atoms with Crippen LogP contribution in [0.3, 0.4) is 0 Å². The zero-order chi connectivity index (χ0) is 14.5. The highest BCUT2D eigenvalue weighted by Crippen LogP contribution is 2.25. The average Bonchev–Trinajstić information content (AvgIpc) is 2.44. The van der Waals surface area contributed by atoms with Gasteiger partial charge in [-0.25, -0.2) is 9.97 Å². The van der Waals surface area contributed by atoms with Crippen LogP contribution in [-0.4, -0.2) is 30.1 Å². The summed E-state index contributed by atoms with van der Waals surface area (Å²) in [5.74, 6) is 2.37. The second-order valence-corrected chi connectivity index (χ2v) is 5.33. The number of nitrogens with one attached hydrogen (secondary N) is 1.